The van der Waals surface area contributed by atoms with E-state index in [4.69, 9.17) is 5.73 Å². The van der Waals surface area contributed by atoms with Crippen LogP contribution in [-0.4, -0.2) is 46.6 Å². The molecule has 10 heteroatoms. The molecule has 3 aromatic rings. The maximum atomic E-state index is 13.4. The van der Waals surface area contributed by atoms with E-state index in [1.54, 1.807) is 12.1 Å². The fraction of sp³-hybridized carbons (Fsp3) is 0.200. The molecule has 1 aliphatic rings. The van der Waals surface area contributed by atoms with E-state index in [0.717, 1.165) is 10.5 Å². The minimum atomic E-state index is -0.847. The fourth-order valence-corrected chi connectivity index (χ4v) is 4.74. The lowest BCUT2D eigenvalue weighted by molar-refractivity contribution is -0.132. The van der Waals surface area contributed by atoms with Crippen molar-refractivity contribution in [2.75, 3.05) is 18.0 Å². The zero-order valence-corrected chi connectivity index (χ0v) is 19.5. The Kier molecular flexibility index (Phi) is 7.21. The molecule has 180 valence electrons. The summed E-state index contributed by atoms with van der Waals surface area (Å²) in [5.74, 6) is -2.21. The van der Waals surface area contributed by atoms with Gasteiger partial charge in [0.05, 0.1) is 0 Å². The van der Waals surface area contributed by atoms with Crippen molar-refractivity contribution in [1.29, 1.82) is 0 Å². The zero-order valence-electron chi connectivity index (χ0n) is 18.7. The molecule has 2 aromatic carbocycles. The van der Waals surface area contributed by atoms with Crippen molar-refractivity contribution in [3.63, 3.8) is 0 Å². The van der Waals surface area contributed by atoms with Crippen molar-refractivity contribution < 1.29 is 23.6 Å². The molecule has 2 N–H and O–H groups in total. The van der Waals surface area contributed by atoms with Crippen molar-refractivity contribution in [3.05, 3.63) is 88.4 Å². The van der Waals surface area contributed by atoms with Gasteiger partial charge in [-0.15, -0.1) is 11.3 Å². The van der Waals surface area contributed by atoms with Gasteiger partial charge in [-0.25, -0.2) is 9.18 Å². The molecule has 0 bridgehead atoms. The minimum Gasteiger partial charge on any atom is -0.370 e. The summed E-state index contributed by atoms with van der Waals surface area (Å²) >= 11 is 1.35. The molecule has 1 saturated heterocycles. The van der Waals surface area contributed by atoms with Crippen LogP contribution in [-0.2, 0) is 20.9 Å². The van der Waals surface area contributed by atoms with Crippen LogP contribution < -0.4 is 10.6 Å². The average molecular weight is 495 g/mol. The van der Waals surface area contributed by atoms with Gasteiger partial charge in [0.15, 0.2) is 0 Å². The van der Waals surface area contributed by atoms with E-state index in [-0.39, 0.29) is 19.5 Å². The number of imide groups is 1. The highest BCUT2D eigenvalue weighted by atomic mass is 32.1. The number of amides is 5. The summed E-state index contributed by atoms with van der Waals surface area (Å²) in [6, 6.07) is 16.5. The van der Waals surface area contributed by atoms with Crippen LogP contribution in [0, 0.1) is 5.82 Å². The van der Waals surface area contributed by atoms with Crippen molar-refractivity contribution >= 4 is 40.8 Å². The summed E-state index contributed by atoms with van der Waals surface area (Å²) in [7, 11) is 0. The van der Waals surface area contributed by atoms with Gasteiger partial charge in [-0.2, -0.15) is 0 Å². The Bertz CT molecular complexity index is 1220. The van der Waals surface area contributed by atoms with Crippen LogP contribution in [0.4, 0.5) is 14.9 Å². The van der Waals surface area contributed by atoms with Crippen LogP contribution in [0.5, 0.6) is 0 Å². The second-order valence-electron chi connectivity index (χ2n) is 7.98. The molecule has 0 saturated carbocycles. The predicted octanol–water partition coefficient (Wildman–Crippen LogP) is 3.30. The van der Waals surface area contributed by atoms with E-state index in [1.807, 2.05) is 35.7 Å². The van der Waals surface area contributed by atoms with E-state index in [2.05, 4.69) is 0 Å². The molecule has 1 aromatic heterocycles. The lowest BCUT2D eigenvalue weighted by atomic mass is 10.1. The number of hydrogen-bond acceptors (Lipinski definition) is 5. The molecular weight excluding hydrogens is 471 g/mol. The molecule has 1 fully saturated rings. The van der Waals surface area contributed by atoms with Crippen molar-refractivity contribution in [2.24, 2.45) is 5.73 Å². The summed E-state index contributed by atoms with van der Waals surface area (Å²) in [6.45, 7) is -0.402. The van der Waals surface area contributed by atoms with Crippen molar-refractivity contribution in [1.82, 2.24) is 9.80 Å². The van der Waals surface area contributed by atoms with E-state index >= 15 is 0 Å². The molecule has 4 rings (SSSR count). The van der Waals surface area contributed by atoms with Crippen LogP contribution in [0.15, 0.2) is 72.1 Å². The Morgan fingerprint density at radius 1 is 1.00 bits per heavy atom. The summed E-state index contributed by atoms with van der Waals surface area (Å²) in [6.07, 6.45) is -0.136. The SMILES string of the molecule is NC(=O)CCN(C(=O)CN1C(=O)[C@@H](c2cccs2)N(Cc2ccccc2)C1=O)c1ccc(F)cc1. The van der Waals surface area contributed by atoms with Gasteiger partial charge in [0, 0.05) is 30.1 Å². The van der Waals surface area contributed by atoms with E-state index < -0.39 is 42.2 Å². The van der Waals surface area contributed by atoms with Gasteiger partial charge in [-0.1, -0.05) is 36.4 Å². The van der Waals surface area contributed by atoms with Crippen LogP contribution in [0.1, 0.15) is 22.9 Å². The van der Waals surface area contributed by atoms with Gasteiger partial charge < -0.3 is 15.5 Å². The molecule has 35 heavy (non-hydrogen) atoms. The minimum absolute atomic E-state index is 0.0713. The maximum absolute atomic E-state index is 13.4. The van der Waals surface area contributed by atoms with Gasteiger partial charge in [0.1, 0.15) is 18.4 Å². The highest BCUT2D eigenvalue weighted by molar-refractivity contribution is 7.10. The summed E-state index contributed by atoms with van der Waals surface area (Å²) < 4.78 is 13.4. The van der Waals surface area contributed by atoms with Crippen molar-refractivity contribution in [2.45, 2.75) is 19.0 Å². The maximum Gasteiger partial charge on any atom is 0.328 e. The fourth-order valence-electron chi connectivity index (χ4n) is 3.91. The second-order valence-corrected chi connectivity index (χ2v) is 8.96. The number of thiophene rings is 1. The molecule has 0 unspecified atom stereocenters. The van der Waals surface area contributed by atoms with Gasteiger partial charge >= 0.3 is 6.03 Å². The highest BCUT2D eigenvalue weighted by Gasteiger charge is 2.47. The predicted molar refractivity (Wildman–Crippen MR) is 129 cm³/mol. The van der Waals surface area contributed by atoms with Crippen molar-refractivity contribution in [3.8, 4) is 0 Å². The average Bonchev–Trinajstić information content (AvgIpc) is 3.44. The Labute approximate surface area is 205 Å². The van der Waals surface area contributed by atoms with Gasteiger partial charge in [-0.3, -0.25) is 19.3 Å². The number of carbonyl (C=O) groups is 4. The number of nitrogens with two attached hydrogens (primary N) is 1. The monoisotopic (exact) mass is 494 g/mol. The standard InChI is InChI=1S/C25H23FN4O4S/c26-18-8-10-19(11-9-18)28(13-12-21(27)31)22(32)16-30-24(33)23(20-7-4-14-35-20)29(25(30)34)15-17-5-2-1-3-6-17/h1-11,14,23H,12-13,15-16H2,(H2,27,31)/t23-/m1/s1. The summed E-state index contributed by atoms with van der Waals surface area (Å²) in [5.41, 5.74) is 6.43. The number of primary amides is 1. The van der Waals surface area contributed by atoms with Crippen LogP contribution >= 0.6 is 11.3 Å². The number of rotatable bonds is 9. The topological polar surface area (TPSA) is 104 Å². The summed E-state index contributed by atoms with van der Waals surface area (Å²) in [4.78, 5) is 55.7. The normalized spacial score (nSPS) is 15.5. The van der Waals surface area contributed by atoms with Crippen LogP contribution in [0.3, 0.4) is 0 Å². The second kappa shape index (κ2) is 10.5. The first-order valence-corrected chi connectivity index (χ1v) is 11.8. The van der Waals surface area contributed by atoms with E-state index in [9.17, 15) is 23.6 Å². The third-order valence-corrected chi connectivity index (χ3v) is 6.54. The van der Waals surface area contributed by atoms with E-state index in [0.29, 0.717) is 10.6 Å². The van der Waals surface area contributed by atoms with Gasteiger partial charge in [-0.05, 0) is 41.3 Å². The molecule has 0 spiro atoms. The molecule has 8 nitrogen and oxygen atoms in total. The number of benzene rings is 2. The number of halogens is 1. The lowest BCUT2D eigenvalue weighted by Crippen LogP contribution is -2.44. The third kappa shape index (κ3) is 5.38. The molecule has 1 atom stereocenters. The Hall–Kier alpha value is -4.05. The van der Waals surface area contributed by atoms with Gasteiger partial charge in [0.2, 0.25) is 11.8 Å². The molecule has 0 aliphatic carbocycles. The first kappa shape index (κ1) is 24.1. The van der Waals surface area contributed by atoms with Gasteiger partial charge in [0.25, 0.3) is 5.91 Å². The lowest BCUT2D eigenvalue weighted by Gasteiger charge is -2.25. The number of anilines is 1. The first-order valence-electron chi connectivity index (χ1n) is 10.9. The molecule has 5 amide bonds. The smallest absolute Gasteiger partial charge is 0.328 e. The zero-order chi connectivity index (χ0) is 24.9. The Morgan fingerprint density at radius 3 is 2.34 bits per heavy atom. The number of urea groups is 1. The Balaban J connectivity index is 1.60. The third-order valence-electron chi connectivity index (χ3n) is 5.61. The molecule has 2 heterocycles. The first-order chi connectivity index (χ1) is 16.8. The molecule has 0 radical (unpaired) electrons. The molecular formula is C25H23FN4O4S. The highest BCUT2D eigenvalue weighted by Crippen LogP contribution is 2.35. The summed E-state index contributed by atoms with van der Waals surface area (Å²) in [5, 5.41) is 1.82. The largest absolute Gasteiger partial charge is 0.370 e. The van der Waals surface area contributed by atoms with Crippen LogP contribution in [0.2, 0.25) is 0 Å². The Morgan fingerprint density at radius 2 is 1.71 bits per heavy atom. The molecule has 1 aliphatic heterocycles. The quantitative estimate of drug-likeness (QED) is 0.461. The number of nitrogens with zero attached hydrogens (tertiary/aromatic N) is 3. The van der Waals surface area contributed by atoms with Crippen LogP contribution in [0.25, 0.3) is 0 Å². The van der Waals surface area contributed by atoms with E-state index in [1.165, 1.54) is 45.4 Å². The number of carbonyl (C=O) groups excluding carboxylic acids is 4. The number of hydrogen-bond donors (Lipinski definition) is 1.